The predicted octanol–water partition coefficient (Wildman–Crippen LogP) is 2.65. The number of amides is 1. The highest BCUT2D eigenvalue weighted by atomic mass is 19.4. The molecule has 0 fully saturated rings. The second-order valence-corrected chi connectivity index (χ2v) is 5.34. The zero-order valence-electron chi connectivity index (χ0n) is 11.7. The Morgan fingerprint density at radius 2 is 1.85 bits per heavy atom. The third-order valence-corrected chi connectivity index (χ3v) is 3.12. The first-order valence-corrected chi connectivity index (χ1v) is 6.30. The summed E-state index contributed by atoms with van der Waals surface area (Å²) in [4.78, 5) is 11.7. The summed E-state index contributed by atoms with van der Waals surface area (Å²) in [6, 6.07) is 4.66. The lowest BCUT2D eigenvalue weighted by Gasteiger charge is -2.29. The van der Waals surface area contributed by atoms with Gasteiger partial charge in [0, 0.05) is 0 Å². The van der Waals surface area contributed by atoms with Gasteiger partial charge in [-0.3, -0.25) is 10.1 Å². The van der Waals surface area contributed by atoms with Crippen molar-refractivity contribution in [3.05, 3.63) is 35.4 Å². The first-order chi connectivity index (χ1) is 9.07. The molecule has 0 aliphatic heterocycles. The van der Waals surface area contributed by atoms with E-state index >= 15 is 0 Å². The van der Waals surface area contributed by atoms with Gasteiger partial charge < -0.3 is 5.73 Å². The van der Waals surface area contributed by atoms with Crippen molar-refractivity contribution in [2.24, 2.45) is 11.7 Å². The summed E-state index contributed by atoms with van der Waals surface area (Å²) >= 11 is 0. The molecule has 1 amide bonds. The van der Waals surface area contributed by atoms with Crippen LogP contribution in [0.1, 0.15) is 31.9 Å². The van der Waals surface area contributed by atoms with Crippen molar-refractivity contribution in [2.75, 3.05) is 6.54 Å². The Morgan fingerprint density at radius 1 is 1.30 bits per heavy atom. The fraction of sp³-hybridized carbons (Fsp3) is 0.500. The molecule has 0 aromatic heterocycles. The zero-order valence-corrected chi connectivity index (χ0v) is 11.7. The predicted molar refractivity (Wildman–Crippen MR) is 70.8 cm³/mol. The van der Waals surface area contributed by atoms with Crippen molar-refractivity contribution in [3.8, 4) is 0 Å². The molecule has 1 rings (SSSR count). The highest BCUT2D eigenvalue weighted by molar-refractivity contribution is 5.85. The normalized spacial score (nSPS) is 15.2. The van der Waals surface area contributed by atoms with Gasteiger partial charge >= 0.3 is 6.18 Å². The van der Waals surface area contributed by atoms with Crippen molar-refractivity contribution in [1.29, 1.82) is 0 Å². The molecule has 0 spiro atoms. The van der Waals surface area contributed by atoms with E-state index in [9.17, 15) is 18.0 Å². The summed E-state index contributed by atoms with van der Waals surface area (Å²) in [5.74, 6) is -0.475. The van der Waals surface area contributed by atoms with Gasteiger partial charge in [-0.25, -0.2) is 0 Å². The number of hydrogen-bond donors (Lipinski definition) is 2. The summed E-state index contributed by atoms with van der Waals surface area (Å²) < 4.78 is 38.2. The molecule has 1 unspecified atom stereocenters. The molecule has 6 heteroatoms. The van der Waals surface area contributed by atoms with E-state index in [1.807, 2.05) is 13.8 Å². The Kier molecular flexibility index (Phi) is 4.81. The fourth-order valence-electron chi connectivity index (χ4n) is 1.75. The summed E-state index contributed by atoms with van der Waals surface area (Å²) in [5.41, 5.74) is 3.45. The minimum absolute atomic E-state index is 0.209. The van der Waals surface area contributed by atoms with E-state index in [4.69, 9.17) is 5.73 Å². The number of benzene rings is 1. The summed E-state index contributed by atoms with van der Waals surface area (Å²) in [6.07, 6.45) is -4.45. The molecule has 0 saturated heterocycles. The monoisotopic (exact) mass is 288 g/mol. The Hall–Kier alpha value is -1.56. The smallest absolute Gasteiger partial charge is 0.368 e. The van der Waals surface area contributed by atoms with Crippen molar-refractivity contribution < 1.29 is 18.0 Å². The second-order valence-electron chi connectivity index (χ2n) is 5.34. The van der Waals surface area contributed by atoms with Crippen LogP contribution < -0.4 is 11.1 Å². The molecule has 3 nitrogen and oxygen atoms in total. The van der Waals surface area contributed by atoms with E-state index < -0.39 is 23.2 Å². The number of halogens is 3. The van der Waals surface area contributed by atoms with Gasteiger partial charge in [0.2, 0.25) is 5.91 Å². The van der Waals surface area contributed by atoms with E-state index in [0.717, 1.165) is 12.1 Å². The molecule has 3 N–H and O–H groups in total. The lowest BCUT2D eigenvalue weighted by Crippen LogP contribution is -2.51. The number of carbonyl (C=O) groups is 1. The molecular weight excluding hydrogens is 269 g/mol. The van der Waals surface area contributed by atoms with E-state index in [0.29, 0.717) is 6.54 Å². The molecule has 0 saturated carbocycles. The van der Waals surface area contributed by atoms with E-state index in [-0.39, 0.29) is 11.5 Å². The van der Waals surface area contributed by atoms with Gasteiger partial charge in [-0.05, 0) is 37.1 Å². The van der Waals surface area contributed by atoms with Crippen LogP contribution >= 0.6 is 0 Å². The van der Waals surface area contributed by atoms with Gasteiger partial charge in [0.25, 0.3) is 0 Å². The quantitative estimate of drug-likeness (QED) is 0.875. The van der Waals surface area contributed by atoms with Crippen LogP contribution in [0.5, 0.6) is 0 Å². The number of nitrogens with two attached hydrogens (primary N) is 1. The van der Waals surface area contributed by atoms with Gasteiger partial charge in [-0.2, -0.15) is 13.2 Å². The summed E-state index contributed by atoms with van der Waals surface area (Å²) in [5, 5.41) is 2.95. The molecule has 1 aromatic rings. The van der Waals surface area contributed by atoms with Gasteiger partial charge in [0.15, 0.2) is 0 Å². The van der Waals surface area contributed by atoms with E-state index in [2.05, 4.69) is 5.32 Å². The first-order valence-electron chi connectivity index (χ1n) is 6.30. The number of hydrogen-bond acceptors (Lipinski definition) is 2. The van der Waals surface area contributed by atoms with Crippen LogP contribution in [0.25, 0.3) is 0 Å². The minimum atomic E-state index is -4.45. The zero-order chi connectivity index (χ0) is 15.6. The maximum Gasteiger partial charge on any atom is 0.416 e. The number of alkyl halides is 3. The number of primary amides is 1. The fourth-order valence-corrected chi connectivity index (χ4v) is 1.75. The van der Waals surface area contributed by atoms with Crippen molar-refractivity contribution in [2.45, 2.75) is 32.5 Å². The molecule has 0 aliphatic carbocycles. The average Bonchev–Trinajstić information content (AvgIpc) is 2.34. The number of nitrogens with one attached hydrogen (secondary N) is 1. The molecule has 112 valence electrons. The Balaban J connectivity index is 3.19. The van der Waals surface area contributed by atoms with E-state index in [1.54, 1.807) is 0 Å². The van der Waals surface area contributed by atoms with Gasteiger partial charge in [0.1, 0.15) is 5.54 Å². The second kappa shape index (κ2) is 5.83. The maximum absolute atomic E-state index is 12.7. The Morgan fingerprint density at radius 3 is 2.30 bits per heavy atom. The SMILES string of the molecule is CC(C)CNC(C)(C(N)=O)c1cccc(C(F)(F)F)c1. The van der Waals surface area contributed by atoms with Crippen LogP contribution in [0.2, 0.25) is 0 Å². The molecular formula is C14H19F3N2O. The largest absolute Gasteiger partial charge is 0.416 e. The lowest BCUT2D eigenvalue weighted by atomic mass is 9.89. The van der Waals surface area contributed by atoms with Crippen molar-refractivity contribution >= 4 is 5.91 Å². The highest BCUT2D eigenvalue weighted by Gasteiger charge is 2.36. The highest BCUT2D eigenvalue weighted by Crippen LogP contribution is 2.32. The maximum atomic E-state index is 12.7. The van der Waals surface area contributed by atoms with Gasteiger partial charge in [-0.1, -0.05) is 26.0 Å². The first kappa shape index (κ1) is 16.5. The van der Waals surface area contributed by atoms with Crippen LogP contribution in [-0.4, -0.2) is 12.5 Å². The van der Waals surface area contributed by atoms with Gasteiger partial charge in [-0.15, -0.1) is 0 Å². The van der Waals surface area contributed by atoms with E-state index in [1.165, 1.54) is 19.1 Å². The summed E-state index contributed by atoms with van der Waals surface area (Å²) in [7, 11) is 0. The molecule has 20 heavy (non-hydrogen) atoms. The van der Waals surface area contributed by atoms with Crippen LogP contribution in [0.15, 0.2) is 24.3 Å². The molecule has 0 radical (unpaired) electrons. The Labute approximate surface area is 116 Å². The molecule has 0 bridgehead atoms. The van der Waals surface area contributed by atoms with Crippen molar-refractivity contribution in [3.63, 3.8) is 0 Å². The topological polar surface area (TPSA) is 55.1 Å². The third kappa shape index (κ3) is 3.72. The van der Waals surface area contributed by atoms with Crippen LogP contribution in [0.4, 0.5) is 13.2 Å². The van der Waals surface area contributed by atoms with Gasteiger partial charge in [0.05, 0.1) is 5.56 Å². The number of rotatable bonds is 5. The van der Waals surface area contributed by atoms with Crippen molar-refractivity contribution in [1.82, 2.24) is 5.32 Å². The molecule has 0 heterocycles. The molecule has 1 aromatic carbocycles. The van der Waals surface area contributed by atoms with Crippen LogP contribution in [0, 0.1) is 5.92 Å². The van der Waals surface area contributed by atoms with Crippen LogP contribution in [0.3, 0.4) is 0 Å². The minimum Gasteiger partial charge on any atom is -0.368 e. The third-order valence-electron chi connectivity index (χ3n) is 3.12. The standard InChI is InChI=1S/C14H19F3N2O/c1-9(2)8-19-13(3,12(18)20)10-5-4-6-11(7-10)14(15,16)17/h4-7,9,19H,8H2,1-3H3,(H2,18,20). The number of carbonyl (C=O) groups excluding carboxylic acids is 1. The van der Waals surface area contributed by atoms with Crippen LogP contribution in [-0.2, 0) is 16.5 Å². The average molecular weight is 288 g/mol. The lowest BCUT2D eigenvalue weighted by molar-refractivity contribution is -0.138. The summed E-state index contributed by atoms with van der Waals surface area (Å²) in [6.45, 7) is 5.82. The molecule has 1 atom stereocenters. The molecule has 0 aliphatic rings. The Bertz CT molecular complexity index is 486.